The highest BCUT2D eigenvalue weighted by Gasteiger charge is 2.17. The lowest BCUT2D eigenvalue weighted by molar-refractivity contribution is 0.0935. The van der Waals surface area contributed by atoms with E-state index in [0.717, 1.165) is 5.76 Å². The number of carbonyl (C=O) groups is 1. The van der Waals surface area contributed by atoms with E-state index in [4.69, 9.17) is 4.42 Å². The van der Waals surface area contributed by atoms with Crippen molar-refractivity contribution in [3.8, 4) is 0 Å². The van der Waals surface area contributed by atoms with E-state index in [0.29, 0.717) is 17.0 Å². The lowest BCUT2D eigenvalue weighted by Gasteiger charge is -2.13. The summed E-state index contributed by atoms with van der Waals surface area (Å²) in [4.78, 5) is 12.6. The number of aryl methyl sites for hydroxylation is 1. The molecule has 0 saturated heterocycles. The third-order valence-corrected chi connectivity index (χ3v) is 5.36. The zero-order valence-corrected chi connectivity index (χ0v) is 15.8. The molecule has 1 heterocycles. The first-order chi connectivity index (χ1) is 12.8. The number of amides is 1. The van der Waals surface area contributed by atoms with Gasteiger partial charge in [0.1, 0.15) is 11.5 Å². The summed E-state index contributed by atoms with van der Waals surface area (Å²) in [7, 11) is -3.72. The normalized spacial score (nSPS) is 12.4. The molecule has 2 aromatic carbocycles. The van der Waals surface area contributed by atoms with Gasteiger partial charge in [-0.3, -0.25) is 9.52 Å². The van der Waals surface area contributed by atoms with Crippen molar-refractivity contribution < 1.29 is 17.6 Å². The minimum atomic E-state index is -3.72. The second-order valence-corrected chi connectivity index (χ2v) is 7.83. The van der Waals surface area contributed by atoms with Gasteiger partial charge in [0, 0.05) is 11.3 Å². The number of furan rings is 1. The van der Waals surface area contributed by atoms with Crippen LogP contribution in [-0.4, -0.2) is 14.3 Å². The molecule has 1 amide bonds. The van der Waals surface area contributed by atoms with Crippen LogP contribution in [0.3, 0.4) is 0 Å². The Morgan fingerprint density at radius 1 is 1.00 bits per heavy atom. The highest BCUT2D eigenvalue weighted by Crippen LogP contribution is 2.19. The average Bonchev–Trinajstić information content (AvgIpc) is 3.09. The molecule has 0 spiro atoms. The minimum absolute atomic E-state index is 0.154. The average molecular weight is 384 g/mol. The van der Waals surface area contributed by atoms with E-state index in [9.17, 15) is 13.2 Å². The van der Waals surface area contributed by atoms with Gasteiger partial charge in [0.2, 0.25) is 0 Å². The van der Waals surface area contributed by atoms with Crippen LogP contribution in [0.2, 0.25) is 0 Å². The van der Waals surface area contributed by atoms with Crippen LogP contribution in [0.25, 0.3) is 0 Å². The van der Waals surface area contributed by atoms with Crippen LogP contribution in [0.5, 0.6) is 0 Å². The molecule has 27 heavy (non-hydrogen) atoms. The van der Waals surface area contributed by atoms with Gasteiger partial charge in [0.25, 0.3) is 15.9 Å². The fourth-order valence-electron chi connectivity index (χ4n) is 2.57. The van der Waals surface area contributed by atoms with Crippen molar-refractivity contribution in [1.29, 1.82) is 0 Å². The quantitative estimate of drug-likeness (QED) is 0.675. The van der Waals surface area contributed by atoms with E-state index >= 15 is 0 Å². The molecule has 1 aromatic heterocycles. The lowest BCUT2D eigenvalue weighted by Crippen LogP contribution is -2.26. The molecule has 2 N–H and O–H groups in total. The Labute approximate surface area is 158 Å². The maximum atomic E-state index is 12.5. The van der Waals surface area contributed by atoms with Crippen LogP contribution in [0.1, 0.15) is 34.8 Å². The van der Waals surface area contributed by atoms with Crippen molar-refractivity contribution in [2.45, 2.75) is 24.8 Å². The summed E-state index contributed by atoms with van der Waals surface area (Å²) in [6.45, 7) is 3.65. The van der Waals surface area contributed by atoms with Crippen molar-refractivity contribution >= 4 is 21.6 Å². The SMILES string of the molecule is Cc1ccc(C(C)NC(=O)c2cccc(NS(=O)(=O)c3ccccc3)c2)o1. The van der Waals surface area contributed by atoms with Gasteiger partial charge in [-0.15, -0.1) is 0 Å². The van der Waals surface area contributed by atoms with E-state index in [1.165, 1.54) is 18.2 Å². The largest absolute Gasteiger partial charge is 0.464 e. The smallest absolute Gasteiger partial charge is 0.261 e. The van der Waals surface area contributed by atoms with Gasteiger partial charge in [0.05, 0.1) is 10.9 Å². The van der Waals surface area contributed by atoms with Gasteiger partial charge >= 0.3 is 0 Å². The third-order valence-electron chi connectivity index (χ3n) is 3.97. The monoisotopic (exact) mass is 384 g/mol. The molecule has 3 aromatic rings. The zero-order valence-electron chi connectivity index (χ0n) is 15.0. The minimum Gasteiger partial charge on any atom is -0.464 e. The lowest BCUT2D eigenvalue weighted by atomic mass is 10.1. The second kappa shape index (κ2) is 7.67. The Balaban J connectivity index is 1.74. The van der Waals surface area contributed by atoms with Crippen LogP contribution < -0.4 is 10.0 Å². The fourth-order valence-corrected chi connectivity index (χ4v) is 3.65. The summed E-state index contributed by atoms with van der Waals surface area (Å²) in [6, 6.07) is 17.7. The van der Waals surface area contributed by atoms with Crippen LogP contribution in [-0.2, 0) is 10.0 Å². The number of sulfonamides is 1. The van der Waals surface area contributed by atoms with Gasteiger partial charge < -0.3 is 9.73 Å². The molecule has 0 aliphatic carbocycles. The predicted molar refractivity (Wildman–Crippen MR) is 103 cm³/mol. The molecule has 0 saturated carbocycles. The number of nitrogens with one attached hydrogen (secondary N) is 2. The van der Waals surface area contributed by atoms with Gasteiger partial charge in [-0.2, -0.15) is 0 Å². The van der Waals surface area contributed by atoms with Crippen LogP contribution in [0, 0.1) is 6.92 Å². The highest BCUT2D eigenvalue weighted by molar-refractivity contribution is 7.92. The van der Waals surface area contributed by atoms with Crippen molar-refractivity contribution in [2.24, 2.45) is 0 Å². The fraction of sp³-hybridized carbons (Fsp3) is 0.150. The molecule has 0 bridgehead atoms. The Kier molecular flexibility index (Phi) is 5.32. The maximum Gasteiger partial charge on any atom is 0.261 e. The molecule has 0 radical (unpaired) electrons. The van der Waals surface area contributed by atoms with E-state index in [1.54, 1.807) is 36.4 Å². The number of carbonyl (C=O) groups excluding carboxylic acids is 1. The summed E-state index contributed by atoms with van der Waals surface area (Å²) in [6.07, 6.45) is 0. The molecule has 0 aliphatic heterocycles. The Morgan fingerprint density at radius 2 is 1.74 bits per heavy atom. The summed E-state index contributed by atoms with van der Waals surface area (Å²) < 4.78 is 32.9. The highest BCUT2D eigenvalue weighted by atomic mass is 32.2. The molecule has 0 aliphatic rings. The van der Waals surface area contributed by atoms with Crippen LogP contribution in [0.15, 0.2) is 76.0 Å². The predicted octanol–water partition coefficient (Wildman–Crippen LogP) is 3.88. The number of hydrogen-bond donors (Lipinski definition) is 2. The van der Waals surface area contributed by atoms with Crippen LogP contribution in [0.4, 0.5) is 5.69 Å². The topological polar surface area (TPSA) is 88.4 Å². The number of anilines is 1. The molecule has 3 rings (SSSR count). The summed E-state index contributed by atoms with van der Waals surface area (Å²) >= 11 is 0. The molecule has 6 nitrogen and oxygen atoms in total. The zero-order chi connectivity index (χ0) is 19.4. The molecule has 1 unspecified atom stereocenters. The standard InChI is InChI=1S/C20H20N2O4S/c1-14-11-12-19(26-14)15(2)21-20(23)16-7-6-8-17(13-16)22-27(24,25)18-9-4-3-5-10-18/h3-13,15,22H,1-2H3,(H,21,23). The van der Waals surface area contributed by atoms with Gasteiger partial charge in [-0.1, -0.05) is 24.3 Å². The Morgan fingerprint density at radius 3 is 2.41 bits per heavy atom. The third kappa shape index (κ3) is 4.57. The van der Waals surface area contributed by atoms with E-state index < -0.39 is 10.0 Å². The number of rotatable bonds is 6. The first-order valence-corrected chi connectivity index (χ1v) is 9.88. The van der Waals surface area contributed by atoms with E-state index in [-0.39, 0.29) is 16.8 Å². The van der Waals surface area contributed by atoms with Crippen molar-refractivity contribution in [3.63, 3.8) is 0 Å². The molecule has 0 fully saturated rings. The van der Waals surface area contributed by atoms with E-state index in [2.05, 4.69) is 10.0 Å². The molecular formula is C20H20N2O4S. The van der Waals surface area contributed by atoms with Crippen LogP contribution >= 0.6 is 0 Å². The Bertz CT molecular complexity index is 1040. The first kappa shape index (κ1) is 18.7. The van der Waals surface area contributed by atoms with Crippen molar-refractivity contribution in [1.82, 2.24) is 5.32 Å². The molecular weight excluding hydrogens is 364 g/mol. The summed E-state index contributed by atoms with van der Waals surface area (Å²) in [5.74, 6) is 1.10. The van der Waals surface area contributed by atoms with Crippen molar-refractivity contribution in [2.75, 3.05) is 4.72 Å². The molecule has 7 heteroatoms. The number of benzene rings is 2. The second-order valence-electron chi connectivity index (χ2n) is 6.14. The maximum absolute atomic E-state index is 12.5. The Hall–Kier alpha value is -3.06. The summed E-state index contributed by atoms with van der Waals surface area (Å²) in [5, 5.41) is 2.84. The first-order valence-electron chi connectivity index (χ1n) is 8.40. The van der Waals surface area contributed by atoms with Gasteiger partial charge in [-0.05, 0) is 56.3 Å². The molecule has 140 valence electrons. The van der Waals surface area contributed by atoms with Crippen molar-refractivity contribution in [3.05, 3.63) is 83.8 Å². The van der Waals surface area contributed by atoms with E-state index in [1.807, 2.05) is 26.0 Å². The van der Waals surface area contributed by atoms with Gasteiger partial charge in [0.15, 0.2) is 0 Å². The molecule has 1 atom stereocenters. The van der Waals surface area contributed by atoms with Gasteiger partial charge in [-0.25, -0.2) is 8.42 Å². The summed E-state index contributed by atoms with van der Waals surface area (Å²) in [5.41, 5.74) is 0.659. The number of hydrogen-bond acceptors (Lipinski definition) is 4.